The molecule has 1 aromatic carbocycles. The molecule has 1 amide bonds. The van der Waals surface area contributed by atoms with Gasteiger partial charge in [0.1, 0.15) is 5.60 Å². The van der Waals surface area contributed by atoms with Crippen molar-refractivity contribution in [2.45, 2.75) is 44.8 Å². The molecule has 0 aliphatic heterocycles. The molecule has 0 fully saturated rings. The molecule has 1 atom stereocenters. The van der Waals surface area contributed by atoms with Gasteiger partial charge in [0.25, 0.3) is 0 Å². The van der Waals surface area contributed by atoms with Crippen LogP contribution in [0.5, 0.6) is 0 Å². The van der Waals surface area contributed by atoms with E-state index < -0.39 is 5.60 Å². The maximum Gasteiger partial charge on any atom is 0.307 e. The zero-order chi connectivity index (χ0) is 17.2. The van der Waals surface area contributed by atoms with Crippen LogP contribution < -0.4 is 10.2 Å². The molecule has 1 aliphatic carbocycles. The lowest BCUT2D eigenvalue weighted by Gasteiger charge is -2.34. The van der Waals surface area contributed by atoms with Gasteiger partial charge in [0.05, 0.1) is 6.54 Å². The van der Waals surface area contributed by atoms with Gasteiger partial charge in [0.15, 0.2) is 0 Å². The van der Waals surface area contributed by atoms with Crippen LogP contribution in [0.3, 0.4) is 0 Å². The lowest BCUT2D eigenvalue weighted by molar-refractivity contribution is -0.122. The summed E-state index contributed by atoms with van der Waals surface area (Å²) >= 11 is 1.15. The fraction of sp³-hybridized carbons (Fsp3) is 0.444. The van der Waals surface area contributed by atoms with Gasteiger partial charge in [-0.2, -0.15) is 0 Å². The number of amides is 1. The minimum atomic E-state index is -1.00. The Morgan fingerprint density at radius 1 is 1.42 bits per heavy atom. The molecule has 1 aromatic heterocycles. The second-order valence-corrected chi connectivity index (χ2v) is 7.18. The summed E-state index contributed by atoms with van der Waals surface area (Å²) in [4.78, 5) is 23.7. The van der Waals surface area contributed by atoms with Crippen LogP contribution in [0.15, 0.2) is 34.4 Å². The van der Waals surface area contributed by atoms with E-state index in [4.69, 9.17) is 0 Å². The number of aliphatic hydroxyl groups is 1. The van der Waals surface area contributed by atoms with Crippen LogP contribution in [-0.2, 0) is 23.4 Å². The van der Waals surface area contributed by atoms with Gasteiger partial charge in [0.2, 0.25) is 5.91 Å². The fourth-order valence-corrected chi connectivity index (χ4v) is 4.06. The predicted molar refractivity (Wildman–Crippen MR) is 94.2 cm³/mol. The molecule has 0 spiro atoms. The highest BCUT2D eigenvalue weighted by Crippen LogP contribution is 2.34. The minimum absolute atomic E-state index is 0.0415. The van der Waals surface area contributed by atoms with Gasteiger partial charge in [-0.1, -0.05) is 35.6 Å². The van der Waals surface area contributed by atoms with Crippen molar-refractivity contribution in [3.63, 3.8) is 0 Å². The van der Waals surface area contributed by atoms with Crippen molar-refractivity contribution < 1.29 is 9.90 Å². The number of thiazole rings is 1. The van der Waals surface area contributed by atoms with E-state index in [0.717, 1.165) is 41.0 Å². The number of aromatic nitrogens is 1. The molecule has 6 heteroatoms. The summed E-state index contributed by atoms with van der Waals surface area (Å²) in [6, 6.07) is 7.87. The maximum absolute atomic E-state index is 12.1. The highest BCUT2D eigenvalue weighted by Gasteiger charge is 2.34. The average Bonchev–Trinajstić information content (AvgIpc) is 2.90. The third kappa shape index (κ3) is 3.44. The van der Waals surface area contributed by atoms with Crippen LogP contribution >= 0.6 is 11.3 Å². The van der Waals surface area contributed by atoms with Crippen LogP contribution in [-0.4, -0.2) is 22.1 Å². The first-order chi connectivity index (χ1) is 11.5. The van der Waals surface area contributed by atoms with Crippen LogP contribution in [0.2, 0.25) is 0 Å². The second-order valence-electron chi connectivity index (χ2n) is 6.36. The largest absolute Gasteiger partial charge is 0.383 e. The first-order valence-electron chi connectivity index (χ1n) is 8.22. The Balaban J connectivity index is 1.60. The van der Waals surface area contributed by atoms with Gasteiger partial charge < -0.3 is 15.0 Å². The molecule has 24 heavy (non-hydrogen) atoms. The zero-order valence-electron chi connectivity index (χ0n) is 13.7. The highest BCUT2D eigenvalue weighted by atomic mass is 32.1. The quantitative estimate of drug-likeness (QED) is 0.869. The van der Waals surface area contributed by atoms with Crippen molar-refractivity contribution in [2.24, 2.45) is 0 Å². The third-order valence-electron chi connectivity index (χ3n) is 4.67. The van der Waals surface area contributed by atoms with Gasteiger partial charge in [-0.05, 0) is 37.3 Å². The molecule has 128 valence electrons. The summed E-state index contributed by atoms with van der Waals surface area (Å²) in [5.74, 6) is -0.149. The third-order valence-corrected chi connectivity index (χ3v) is 5.55. The maximum atomic E-state index is 12.1. The summed E-state index contributed by atoms with van der Waals surface area (Å²) in [6.45, 7) is 2.44. The van der Waals surface area contributed by atoms with E-state index in [-0.39, 0.29) is 23.7 Å². The fourth-order valence-electron chi connectivity index (χ4n) is 3.30. The lowest BCUT2D eigenvalue weighted by Crippen LogP contribution is -2.43. The molecular formula is C18H22N2O3S. The lowest BCUT2D eigenvalue weighted by atomic mass is 9.79. The number of nitrogens with zero attached hydrogens (tertiary/aromatic N) is 1. The smallest absolute Gasteiger partial charge is 0.307 e. The molecule has 1 aliphatic rings. The predicted octanol–water partition coefficient (Wildman–Crippen LogP) is 1.95. The molecule has 0 radical (unpaired) electrons. The summed E-state index contributed by atoms with van der Waals surface area (Å²) in [5, 5.41) is 15.6. The van der Waals surface area contributed by atoms with Gasteiger partial charge in [-0.25, -0.2) is 0 Å². The number of hydrogen-bond donors (Lipinski definition) is 2. The van der Waals surface area contributed by atoms with Crippen LogP contribution in [0.25, 0.3) is 0 Å². The highest BCUT2D eigenvalue weighted by molar-refractivity contribution is 7.07. The molecule has 3 rings (SSSR count). The molecule has 0 saturated heterocycles. The molecule has 0 saturated carbocycles. The number of aryl methyl sites for hydroxylation is 2. The SMILES string of the molecule is Cc1csc(=O)n1CCC(=O)NCC1(O)CCCc2ccccc21. The number of hydrogen-bond acceptors (Lipinski definition) is 4. The Hall–Kier alpha value is -1.92. The van der Waals surface area contributed by atoms with Crippen molar-refractivity contribution in [1.29, 1.82) is 0 Å². The van der Waals surface area contributed by atoms with Crippen molar-refractivity contribution in [1.82, 2.24) is 9.88 Å². The van der Waals surface area contributed by atoms with E-state index in [1.807, 2.05) is 31.2 Å². The minimum Gasteiger partial charge on any atom is -0.383 e. The first-order valence-corrected chi connectivity index (χ1v) is 9.10. The van der Waals surface area contributed by atoms with Gasteiger partial charge in [0, 0.05) is 24.0 Å². The summed E-state index contributed by atoms with van der Waals surface area (Å²) in [7, 11) is 0. The summed E-state index contributed by atoms with van der Waals surface area (Å²) in [6.07, 6.45) is 2.75. The number of carbonyl (C=O) groups is 1. The van der Waals surface area contributed by atoms with Crippen LogP contribution in [0, 0.1) is 6.92 Å². The molecule has 1 unspecified atom stereocenters. The van der Waals surface area contributed by atoms with Gasteiger partial charge >= 0.3 is 4.87 Å². The number of rotatable bonds is 5. The molecule has 2 N–H and O–H groups in total. The summed E-state index contributed by atoms with van der Waals surface area (Å²) in [5.41, 5.74) is 1.94. The Kier molecular flexibility index (Phi) is 4.87. The molecule has 0 bridgehead atoms. The van der Waals surface area contributed by atoms with Crippen LogP contribution in [0.1, 0.15) is 36.1 Å². The number of benzene rings is 1. The Labute approximate surface area is 145 Å². The van der Waals surface area contributed by atoms with Crippen molar-refractivity contribution in [3.05, 3.63) is 56.1 Å². The number of fused-ring (bicyclic) bond motifs is 1. The Bertz CT molecular complexity index is 796. The van der Waals surface area contributed by atoms with E-state index in [1.165, 1.54) is 0 Å². The van der Waals surface area contributed by atoms with E-state index in [0.29, 0.717) is 13.0 Å². The average molecular weight is 346 g/mol. The molecular weight excluding hydrogens is 324 g/mol. The van der Waals surface area contributed by atoms with E-state index in [1.54, 1.807) is 9.95 Å². The monoisotopic (exact) mass is 346 g/mol. The number of carbonyl (C=O) groups excluding carboxylic acids is 1. The Morgan fingerprint density at radius 2 is 2.21 bits per heavy atom. The normalized spacial score (nSPS) is 19.8. The molecule has 2 aromatic rings. The van der Waals surface area contributed by atoms with Gasteiger partial charge in [-0.3, -0.25) is 9.59 Å². The second kappa shape index (κ2) is 6.91. The van der Waals surface area contributed by atoms with Crippen molar-refractivity contribution in [3.8, 4) is 0 Å². The Morgan fingerprint density at radius 3 is 2.96 bits per heavy atom. The van der Waals surface area contributed by atoms with Crippen LogP contribution in [0.4, 0.5) is 0 Å². The first kappa shape index (κ1) is 16.9. The number of nitrogens with one attached hydrogen (secondary N) is 1. The van der Waals surface area contributed by atoms with Gasteiger partial charge in [-0.15, -0.1) is 0 Å². The standard InChI is InChI=1S/C18H22N2O3S/c1-13-11-24-17(22)20(13)10-8-16(21)19-12-18(23)9-4-6-14-5-2-3-7-15(14)18/h2-3,5,7,11,23H,4,6,8-10,12H2,1H3,(H,19,21). The molecule has 5 nitrogen and oxygen atoms in total. The van der Waals surface area contributed by atoms with E-state index in [9.17, 15) is 14.7 Å². The van der Waals surface area contributed by atoms with E-state index >= 15 is 0 Å². The molecule has 1 heterocycles. The van der Waals surface area contributed by atoms with Crippen molar-refractivity contribution in [2.75, 3.05) is 6.54 Å². The van der Waals surface area contributed by atoms with Crippen molar-refractivity contribution >= 4 is 17.2 Å². The van der Waals surface area contributed by atoms with E-state index in [2.05, 4.69) is 5.32 Å². The zero-order valence-corrected chi connectivity index (χ0v) is 14.6. The summed E-state index contributed by atoms with van der Waals surface area (Å²) < 4.78 is 1.61. The topological polar surface area (TPSA) is 71.3 Å².